The number of aryl methyl sites for hydroxylation is 4. The lowest BCUT2D eigenvalue weighted by Gasteiger charge is -2.26. The molecule has 7 aromatic rings. The van der Waals surface area contributed by atoms with E-state index in [1.807, 2.05) is 0 Å². The molecule has 7 aromatic carbocycles. The molecule has 0 radical (unpaired) electrons. The van der Waals surface area contributed by atoms with Crippen molar-refractivity contribution in [2.75, 3.05) is 4.90 Å². The number of benzene rings is 7. The first kappa shape index (κ1) is 33.3. The molecule has 248 valence electrons. The SMILES string of the molecule is Cc1ccc(C(=Cc2ccc(N(c3ccc(C=C(c4ccccc4)c4ccc(C)cc4)cc3)c3ccc(C)c(C)c3)cc2)c2ccccc2)cc1. The van der Waals surface area contributed by atoms with Gasteiger partial charge in [0.05, 0.1) is 0 Å². The maximum absolute atomic E-state index is 2.35. The van der Waals surface area contributed by atoms with E-state index >= 15 is 0 Å². The van der Waals surface area contributed by atoms with Gasteiger partial charge in [-0.2, -0.15) is 0 Å². The number of anilines is 3. The van der Waals surface area contributed by atoms with Crippen molar-refractivity contribution in [3.8, 4) is 0 Å². The second-order valence-electron chi connectivity index (χ2n) is 13.4. The van der Waals surface area contributed by atoms with Crippen molar-refractivity contribution in [2.45, 2.75) is 27.7 Å². The zero-order chi connectivity index (χ0) is 35.2. The molecule has 0 aliphatic carbocycles. The Balaban J connectivity index is 1.26. The Morgan fingerprint density at radius 3 is 1.12 bits per heavy atom. The Hall–Kier alpha value is -6.18. The molecular formula is C50H43N. The third-order valence-corrected chi connectivity index (χ3v) is 9.57. The van der Waals surface area contributed by atoms with Gasteiger partial charge < -0.3 is 4.90 Å². The quantitative estimate of drug-likeness (QED) is 0.140. The molecule has 1 nitrogen and oxygen atoms in total. The van der Waals surface area contributed by atoms with Crippen LogP contribution < -0.4 is 4.90 Å². The van der Waals surface area contributed by atoms with Gasteiger partial charge in [-0.1, -0.05) is 151 Å². The van der Waals surface area contributed by atoms with Crippen molar-refractivity contribution in [2.24, 2.45) is 0 Å². The first-order chi connectivity index (χ1) is 24.9. The molecule has 0 bridgehead atoms. The lowest BCUT2D eigenvalue weighted by Crippen LogP contribution is -2.10. The van der Waals surface area contributed by atoms with E-state index in [1.54, 1.807) is 0 Å². The van der Waals surface area contributed by atoms with E-state index in [0.29, 0.717) is 0 Å². The first-order valence-electron chi connectivity index (χ1n) is 17.7. The molecule has 0 N–H and O–H groups in total. The molecule has 0 atom stereocenters. The fourth-order valence-electron chi connectivity index (χ4n) is 6.45. The predicted molar refractivity (Wildman–Crippen MR) is 220 cm³/mol. The third-order valence-electron chi connectivity index (χ3n) is 9.57. The maximum Gasteiger partial charge on any atom is 0.0464 e. The van der Waals surface area contributed by atoms with Crippen LogP contribution in [0.5, 0.6) is 0 Å². The summed E-state index contributed by atoms with van der Waals surface area (Å²) in [4.78, 5) is 2.35. The van der Waals surface area contributed by atoms with Gasteiger partial charge in [0.2, 0.25) is 0 Å². The van der Waals surface area contributed by atoms with Crippen molar-refractivity contribution in [1.29, 1.82) is 0 Å². The summed E-state index contributed by atoms with van der Waals surface area (Å²) >= 11 is 0. The fraction of sp³-hybridized carbons (Fsp3) is 0.0800. The Labute approximate surface area is 303 Å². The molecule has 0 aliphatic heterocycles. The average Bonchev–Trinajstić information content (AvgIpc) is 3.17. The fourth-order valence-corrected chi connectivity index (χ4v) is 6.45. The van der Waals surface area contributed by atoms with E-state index in [-0.39, 0.29) is 0 Å². The van der Waals surface area contributed by atoms with Crippen LogP contribution in [0.3, 0.4) is 0 Å². The van der Waals surface area contributed by atoms with Crippen LogP contribution in [0.25, 0.3) is 23.3 Å². The molecule has 0 aromatic heterocycles. The predicted octanol–water partition coefficient (Wildman–Crippen LogP) is 13.6. The number of nitrogens with zero attached hydrogens (tertiary/aromatic N) is 1. The van der Waals surface area contributed by atoms with Gasteiger partial charge >= 0.3 is 0 Å². The Morgan fingerprint density at radius 1 is 0.353 bits per heavy atom. The minimum Gasteiger partial charge on any atom is -0.310 e. The van der Waals surface area contributed by atoms with E-state index in [4.69, 9.17) is 0 Å². The monoisotopic (exact) mass is 657 g/mol. The minimum atomic E-state index is 1.11. The normalized spacial score (nSPS) is 11.8. The van der Waals surface area contributed by atoms with Crippen LogP contribution in [-0.4, -0.2) is 0 Å². The first-order valence-corrected chi connectivity index (χ1v) is 17.7. The van der Waals surface area contributed by atoms with Crippen LogP contribution in [0.15, 0.2) is 176 Å². The molecule has 0 spiro atoms. The molecule has 0 saturated carbocycles. The molecule has 0 heterocycles. The van der Waals surface area contributed by atoms with Crippen LogP contribution in [-0.2, 0) is 0 Å². The van der Waals surface area contributed by atoms with Gasteiger partial charge in [-0.3, -0.25) is 0 Å². The van der Waals surface area contributed by atoms with Crippen molar-refractivity contribution in [1.82, 2.24) is 0 Å². The lowest BCUT2D eigenvalue weighted by molar-refractivity contribution is 1.25. The van der Waals surface area contributed by atoms with E-state index in [1.165, 1.54) is 55.7 Å². The zero-order valence-electron chi connectivity index (χ0n) is 29.8. The zero-order valence-corrected chi connectivity index (χ0v) is 29.8. The van der Waals surface area contributed by atoms with Gasteiger partial charge in [0.1, 0.15) is 0 Å². The van der Waals surface area contributed by atoms with Gasteiger partial charge in [0.15, 0.2) is 0 Å². The van der Waals surface area contributed by atoms with Crippen molar-refractivity contribution < 1.29 is 0 Å². The summed E-state index contributed by atoms with van der Waals surface area (Å²) in [6, 6.07) is 63.5. The summed E-state index contributed by atoms with van der Waals surface area (Å²) in [6.07, 6.45) is 4.59. The topological polar surface area (TPSA) is 3.24 Å². The molecule has 0 amide bonds. The molecule has 7 rings (SSSR count). The highest BCUT2D eigenvalue weighted by Crippen LogP contribution is 2.37. The standard InChI is InChI=1S/C50H43N/c1-36-15-24-44(25-16-36)49(42-11-7-5-8-12-42)34-40-20-29-46(30-21-40)51(48-28-19-38(3)39(4)33-48)47-31-22-41(23-32-47)35-50(43-13-9-6-10-14-43)45-26-17-37(2)18-27-45/h5-35H,1-4H3. The highest BCUT2D eigenvalue weighted by atomic mass is 15.1. The van der Waals surface area contributed by atoms with Crippen LogP contribution in [0, 0.1) is 27.7 Å². The van der Waals surface area contributed by atoms with E-state index in [9.17, 15) is 0 Å². The third kappa shape index (κ3) is 7.85. The van der Waals surface area contributed by atoms with E-state index in [2.05, 4.69) is 221 Å². The average molecular weight is 658 g/mol. The summed E-state index contributed by atoms with van der Waals surface area (Å²) < 4.78 is 0. The van der Waals surface area contributed by atoms with Crippen LogP contribution in [0.4, 0.5) is 17.1 Å². The van der Waals surface area contributed by atoms with Crippen LogP contribution in [0.1, 0.15) is 55.6 Å². The molecule has 0 saturated heterocycles. The number of hydrogen-bond acceptors (Lipinski definition) is 1. The lowest BCUT2D eigenvalue weighted by atomic mass is 9.95. The molecular weight excluding hydrogens is 615 g/mol. The largest absolute Gasteiger partial charge is 0.310 e. The number of rotatable bonds is 9. The highest BCUT2D eigenvalue weighted by Gasteiger charge is 2.14. The summed E-state index contributed by atoms with van der Waals surface area (Å²) in [7, 11) is 0. The van der Waals surface area contributed by atoms with Crippen LogP contribution in [0.2, 0.25) is 0 Å². The number of hydrogen-bond donors (Lipinski definition) is 0. The molecule has 0 unspecified atom stereocenters. The van der Waals surface area contributed by atoms with Gasteiger partial charge in [-0.05, 0) is 132 Å². The summed E-state index contributed by atoms with van der Waals surface area (Å²) in [5.41, 5.74) is 18.0. The van der Waals surface area contributed by atoms with Gasteiger partial charge in [0.25, 0.3) is 0 Å². The Morgan fingerprint density at radius 2 is 0.725 bits per heavy atom. The molecule has 51 heavy (non-hydrogen) atoms. The molecule has 0 aliphatic rings. The Bertz CT molecular complexity index is 2130. The van der Waals surface area contributed by atoms with Crippen molar-refractivity contribution >= 4 is 40.4 Å². The van der Waals surface area contributed by atoms with Crippen molar-refractivity contribution in [3.05, 3.63) is 232 Å². The summed E-state index contributed by atoms with van der Waals surface area (Å²) in [5, 5.41) is 0. The summed E-state index contributed by atoms with van der Waals surface area (Å²) in [6.45, 7) is 8.62. The highest BCUT2D eigenvalue weighted by molar-refractivity contribution is 5.93. The maximum atomic E-state index is 2.35. The minimum absolute atomic E-state index is 1.11. The van der Waals surface area contributed by atoms with E-state index in [0.717, 1.165) is 28.2 Å². The Kier molecular flexibility index (Phi) is 9.90. The summed E-state index contributed by atoms with van der Waals surface area (Å²) in [5.74, 6) is 0. The van der Waals surface area contributed by atoms with Crippen molar-refractivity contribution in [3.63, 3.8) is 0 Å². The van der Waals surface area contributed by atoms with Gasteiger partial charge in [-0.25, -0.2) is 0 Å². The smallest absolute Gasteiger partial charge is 0.0464 e. The second-order valence-corrected chi connectivity index (χ2v) is 13.4. The van der Waals surface area contributed by atoms with Gasteiger partial charge in [0, 0.05) is 17.1 Å². The van der Waals surface area contributed by atoms with Gasteiger partial charge in [-0.15, -0.1) is 0 Å². The second kappa shape index (κ2) is 15.2. The molecule has 1 heteroatoms. The van der Waals surface area contributed by atoms with Crippen LogP contribution >= 0.6 is 0 Å². The van der Waals surface area contributed by atoms with E-state index < -0.39 is 0 Å². The molecule has 0 fully saturated rings.